The molecule has 6 rings (SSSR count). The van der Waals surface area contributed by atoms with E-state index in [1.165, 1.54) is 33.0 Å². The molecule has 0 heterocycles. The lowest BCUT2D eigenvalue weighted by atomic mass is 9.94. The zero-order valence-electron chi connectivity index (χ0n) is 20.7. The van der Waals surface area contributed by atoms with Crippen LogP contribution >= 0.6 is 0 Å². The van der Waals surface area contributed by atoms with Crippen LogP contribution in [0.2, 0.25) is 0 Å². The Kier molecular flexibility index (Phi) is 7.86. The van der Waals surface area contributed by atoms with Crippen molar-refractivity contribution in [2.24, 2.45) is 0 Å². The molecular weight excluding hydrogens is 446 g/mol. The Bertz CT molecular complexity index is 1470. The van der Waals surface area contributed by atoms with Crippen molar-refractivity contribution in [2.45, 2.75) is 0 Å². The molecule has 0 aliphatic carbocycles. The van der Waals surface area contributed by atoms with E-state index in [1.54, 1.807) is 0 Å². The van der Waals surface area contributed by atoms with Gasteiger partial charge in [-0.15, -0.1) is 0 Å². The summed E-state index contributed by atoms with van der Waals surface area (Å²) in [4.78, 5) is 0. The van der Waals surface area contributed by atoms with E-state index in [9.17, 15) is 0 Å². The minimum Gasteiger partial charge on any atom is -0.356 e. The van der Waals surface area contributed by atoms with Gasteiger partial charge in [-0.05, 0) is 63.4 Å². The molecule has 0 bridgehead atoms. The van der Waals surface area contributed by atoms with E-state index < -0.39 is 0 Å². The van der Waals surface area contributed by atoms with Crippen molar-refractivity contribution in [3.8, 4) is 0 Å². The lowest BCUT2D eigenvalue weighted by molar-refractivity contribution is 1.55. The third-order valence-electron chi connectivity index (χ3n) is 6.13. The normalized spacial score (nSPS) is 10.2. The largest absolute Gasteiger partial charge is 0.356 e. The van der Waals surface area contributed by atoms with Crippen LogP contribution in [0.3, 0.4) is 0 Å². The average Bonchev–Trinajstić information content (AvgIpc) is 2.98. The average molecular weight is 476 g/mol. The molecule has 1 nitrogen and oxygen atoms in total. The number of hydrogen-bond acceptors (Lipinski definition) is 1. The van der Waals surface area contributed by atoms with Crippen molar-refractivity contribution in [3.63, 3.8) is 0 Å². The van der Waals surface area contributed by atoms with Gasteiger partial charge in [-0.3, -0.25) is 0 Å². The molecule has 0 fully saturated rings. The molecule has 0 unspecified atom stereocenters. The van der Waals surface area contributed by atoms with Gasteiger partial charge >= 0.3 is 0 Å². The zero-order valence-corrected chi connectivity index (χ0v) is 20.7. The molecule has 0 aromatic heterocycles. The van der Waals surface area contributed by atoms with E-state index >= 15 is 0 Å². The molecule has 178 valence electrons. The SMILES string of the molecule is C(=C(c1ccccc1)c1ccccc1)c1cccc2ccccc12.c1ccc(Nc2ccccc2)cc1. The second-order valence-corrected chi connectivity index (χ2v) is 8.72. The van der Waals surface area contributed by atoms with Crippen LogP contribution in [-0.2, 0) is 0 Å². The first kappa shape index (κ1) is 23.8. The Labute approximate surface area is 219 Å². The van der Waals surface area contributed by atoms with E-state index in [4.69, 9.17) is 0 Å². The van der Waals surface area contributed by atoms with Crippen molar-refractivity contribution < 1.29 is 0 Å². The quantitative estimate of drug-likeness (QED) is 0.245. The van der Waals surface area contributed by atoms with Gasteiger partial charge in [0.05, 0.1) is 0 Å². The first-order chi connectivity index (χ1) is 18.4. The molecule has 6 aromatic rings. The fraction of sp³-hybridized carbons (Fsp3) is 0. The molecule has 0 spiro atoms. The zero-order chi connectivity index (χ0) is 25.1. The number of rotatable bonds is 5. The highest BCUT2D eigenvalue weighted by Crippen LogP contribution is 2.29. The summed E-state index contributed by atoms with van der Waals surface area (Å²) in [7, 11) is 0. The molecule has 0 saturated heterocycles. The molecule has 0 aliphatic rings. The van der Waals surface area contributed by atoms with Crippen molar-refractivity contribution in [2.75, 3.05) is 5.32 Å². The number of para-hydroxylation sites is 2. The summed E-state index contributed by atoms with van der Waals surface area (Å²) in [5.74, 6) is 0. The lowest BCUT2D eigenvalue weighted by Crippen LogP contribution is -1.88. The van der Waals surface area contributed by atoms with E-state index in [-0.39, 0.29) is 0 Å². The first-order valence-electron chi connectivity index (χ1n) is 12.5. The minimum atomic E-state index is 1.12. The van der Waals surface area contributed by atoms with Crippen LogP contribution in [-0.4, -0.2) is 0 Å². The van der Waals surface area contributed by atoms with Crippen LogP contribution in [0.4, 0.5) is 11.4 Å². The van der Waals surface area contributed by atoms with Crippen LogP contribution < -0.4 is 5.32 Å². The molecular formula is C36H29N. The van der Waals surface area contributed by atoms with Gasteiger partial charge in [-0.1, -0.05) is 140 Å². The number of nitrogens with one attached hydrogen (secondary N) is 1. The summed E-state index contributed by atoms with van der Waals surface area (Å²) in [6.45, 7) is 0. The maximum atomic E-state index is 3.30. The molecule has 37 heavy (non-hydrogen) atoms. The molecule has 6 aromatic carbocycles. The molecule has 0 amide bonds. The van der Waals surface area contributed by atoms with Gasteiger partial charge in [-0.2, -0.15) is 0 Å². The number of anilines is 2. The smallest absolute Gasteiger partial charge is 0.0384 e. The third kappa shape index (κ3) is 6.42. The van der Waals surface area contributed by atoms with Gasteiger partial charge in [0.2, 0.25) is 0 Å². The first-order valence-corrected chi connectivity index (χ1v) is 12.5. The van der Waals surface area contributed by atoms with Crippen LogP contribution in [0, 0.1) is 0 Å². The van der Waals surface area contributed by atoms with Crippen LogP contribution in [0.15, 0.2) is 164 Å². The van der Waals surface area contributed by atoms with Gasteiger partial charge in [-0.25, -0.2) is 0 Å². The molecule has 1 heteroatoms. The predicted molar refractivity (Wildman–Crippen MR) is 160 cm³/mol. The Morgan fingerprint density at radius 1 is 0.405 bits per heavy atom. The number of hydrogen-bond donors (Lipinski definition) is 1. The van der Waals surface area contributed by atoms with Crippen LogP contribution in [0.1, 0.15) is 16.7 Å². The second kappa shape index (κ2) is 12.2. The Balaban J connectivity index is 0.000000182. The Morgan fingerprint density at radius 3 is 1.38 bits per heavy atom. The highest BCUT2D eigenvalue weighted by molar-refractivity contribution is 5.99. The Hall–Kier alpha value is -4.88. The number of benzene rings is 6. The maximum absolute atomic E-state index is 3.30. The van der Waals surface area contributed by atoms with Crippen LogP contribution in [0.25, 0.3) is 22.4 Å². The van der Waals surface area contributed by atoms with E-state index in [0.717, 1.165) is 11.4 Å². The standard InChI is InChI=1S/C24H18.C12H11N/c1-3-10-20(11-4-1)24(21-12-5-2-6-13-21)18-22-16-9-15-19-14-7-8-17-23(19)22;1-3-7-11(8-4-1)13-12-9-5-2-6-10-12/h1-18H;1-10,13H. The van der Waals surface area contributed by atoms with Gasteiger partial charge < -0.3 is 5.32 Å². The van der Waals surface area contributed by atoms with Gasteiger partial charge in [0, 0.05) is 11.4 Å². The fourth-order valence-electron chi connectivity index (χ4n) is 4.31. The van der Waals surface area contributed by atoms with Gasteiger partial charge in [0.1, 0.15) is 0 Å². The molecule has 0 atom stereocenters. The van der Waals surface area contributed by atoms with E-state index in [0.29, 0.717) is 0 Å². The van der Waals surface area contributed by atoms with Crippen LogP contribution in [0.5, 0.6) is 0 Å². The second-order valence-electron chi connectivity index (χ2n) is 8.72. The summed E-state index contributed by atoms with van der Waals surface area (Å²) in [6.07, 6.45) is 2.30. The summed E-state index contributed by atoms with van der Waals surface area (Å²) >= 11 is 0. The monoisotopic (exact) mass is 475 g/mol. The topological polar surface area (TPSA) is 12.0 Å². The summed E-state index contributed by atoms with van der Waals surface area (Å²) in [5, 5.41) is 5.86. The van der Waals surface area contributed by atoms with E-state index in [1.807, 2.05) is 60.7 Å². The molecule has 0 radical (unpaired) electrons. The summed E-state index contributed by atoms with van der Waals surface area (Å²) in [5.41, 5.74) is 7.19. The third-order valence-corrected chi connectivity index (χ3v) is 6.13. The highest BCUT2D eigenvalue weighted by Gasteiger charge is 2.06. The molecule has 1 N–H and O–H groups in total. The van der Waals surface area contributed by atoms with Crippen molar-refractivity contribution in [3.05, 3.63) is 180 Å². The molecule has 0 aliphatic heterocycles. The number of fused-ring (bicyclic) bond motifs is 1. The van der Waals surface area contributed by atoms with Crippen molar-refractivity contribution in [1.82, 2.24) is 0 Å². The lowest BCUT2D eigenvalue weighted by Gasteiger charge is -2.10. The predicted octanol–water partition coefficient (Wildman–Crippen LogP) is 9.86. The van der Waals surface area contributed by atoms with E-state index in [2.05, 4.69) is 115 Å². The fourth-order valence-corrected chi connectivity index (χ4v) is 4.31. The van der Waals surface area contributed by atoms with Gasteiger partial charge in [0.25, 0.3) is 0 Å². The van der Waals surface area contributed by atoms with Crippen molar-refractivity contribution >= 4 is 33.8 Å². The summed E-state index contributed by atoms with van der Waals surface area (Å²) < 4.78 is 0. The Morgan fingerprint density at radius 2 is 0.838 bits per heavy atom. The minimum absolute atomic E-state index is 1.12. The van der Waals surface area contributed by atoms with Gasteiger partial charge in [0.15, 0.2) is 0 Å². The summed E-state index contributed by atoms with van der Waals surface area (Å²) in [6, 6.07) is 56.5. The highest BCUT2D eigenvalue weighted by atomic mass is 14.9. The maximum Gasteiger partial charge on any atom is 0.0384 e. The molecule has 0 saturated carbocycles. The van der Waals surface area contributed by atoms with Crippen molar-refractivity contribution in [1.29, 1.82) is 0 Å².